The number of benzene rings is 2. The first-order chi connectivity index (χ1) is 13.2. The van der Waals surface area contributed by atoms with E-state index in [4.69, 9.17) is 9.47 Å². The predicted octanol–water partition coefficient (Wildman–Crippen LogP) is 3.79. The predicted molar refractivity (Wildman–Crippen MR) is 104 cm³/mol. The van der Waals surface area contributed by atoms with Crippen LogP contribution in [0.3, 0.4) is 0 Å². The molecule has 6 nitrogen and oxygen atoms in total. The van der Waals surface area contributed by atoms with E-state index in [-0.39, 0.29) is 5.91 Å². The third-order valence-corrected chi connectivity index (χ3v) is 4.78. The van der Waals surface area contributed by atoms with Crippen molar-refractivity contribution in [3.63, 3.8) is 0 Å². The maximum Gasteiger partial charge on any atom is 0.335 e. The van der Waals surface area contributed by atoms with Crippen LogP contribution in [0.2, 0.25) is 0 Å². The van der Waals surface area contributed by atoms with Gasteiger partial charge in [0.05, 0.1) is 13.2 Å². The monoisotopic (exact) mass is 383 g/mol. The number of carboxylic acids is 1. The second kappa shape index (κ2) is 7.64. The van der Waals surface area contributed by atoms with E-state index >= 15 is 0 Å². The summed E-state index contributed by atoms with van der Waals surface area (Å²) in [4.78, 5) is 26.9. The second-order valence-corrected chi connectivity index (χ2v) is 7.84. The summed E-state index contributed by atoms with van der Waals surface area (Å²) in [5.74, 6) is -0.604. The first-order valence-corrected chi connectivity index (χ1v) is 9.14. The molecule has 6 heteroatoms. The van der Waals surface area contributed by atoms with Crippen LogP contribution in [0, 0.1) is 5.41 Å². The Labute approximate surface area is 164 Å². The Morgan fingerprint density at radius 1 is 1.00 bits per heavy atom. The minimum absolute atomic E-state index is 0.175. The Kier molecular flexibility index (Phi) is 5.42. The van der Waals surface area contributed by atoms with Crippen molar-refractivity contribution in [3.05, 3.63) is 65.7 Å². The molecule has 148 valence electrons. The molecule has 1 saturated heterocycles. The summed E-state index contributed by atoms with van der Waals surface area (Å²) in [6.07, 6.45) is -1.97. The van der Waals surface area contributed by atoms with Crippen LogP contribution in [0.4, 0.5) is 0 Å². The van der Waals surface area contributed by atoms with Crippen molar-refractivity contribution in [2.24, 2.45) is 5.41 Å². The summed E-state index contributed by atoms with van der Waals surface area (Å²) in [7, 11) is 1.57. The van der Waals surface area contributed by atoms with Crippen molar-refractivity contribution in [1.29, 1.82) is 0 Å². The highest BCUT2D eigenvalue weighted by Crippen LogP contribution is 2.45. The van der Waals surface area contributed by atoms with Crippen LogP contribution < -0.4 is 4.74 Å². The lowest BCUT2D eigenvalue weighted by atomic mass is 9.91. The molecule has 2 unspecified atom stereocenters. The Balaban J connectivity index is 2.12. The average Bonchev–Trinajstić information content (AvgIpc) is 3.08. The zero-order valence-corrected chi connectivity index (χ0v) is 16.5. The molecule has 0 aromatic heterocycles. The first-order valence-electron chi connectivity index (χ1n) is 9.14. The third-order valence-electron chi connectivity index (χ3n) is 4.78. The summed E-state index contributed by atoms with van der Waals surface area (Å²) in [6.45, 7) is 5.45. The number of nitrogens with zero attached hydrogens (tertiary/aromatic N) is 1. The lowest BCUT2D eigenvalue weighted by molar-refractivity contribution is -0.152. The van der Waals surface area contributed by atoms with Crippen molar-refractivity contribution >= 4 is 11.9 Å². The van der Waals surface area contributed by atoms with E-state index in [1.165, 1.54) is 0 Å². The number of rotatable bonds is 4. The molecular formula is C22H25NO5. The van der Waals surface area contributed by atoms with Crippen molar-refractivity contribution < 1.29 is 24.2 Å². The number of amides is 1. The number of hydrogen-bond donors (Lipinski definition) is 1. The van der Waals surface area contributed by atoms with E-state index in [1.54, 1.807) is 36.3 Å². The molecule has 3 rings (SSSR count). The molecule has 3 atom stereocenters. The van der Waals surface area contributed by atoms with Crippen LogP contribution in [-0.2, 0) is 14.3 Å². The number of ether oxygens (including phenoxy) is 2. The lowest BCUT2D eigenvalue weighted by Crippen LogP contribution is -2.42. The molecule has 2 aromatic rings. The zero-order chi connectivity index (χ0) is 20.5. The van der Waals surface area contributed by atoms with Crippen LogP contribution in [0.15, 0.2) is 54.6 Å². The van der Waals surface area contributed by atoms with E-state index in [9.17, 15) is 14.7 Å². The smallest absolute Gasteiger partial charge is 0.335 e. The Morgan fingerprint density at radius 3 is 2.11 bits per heavy atom. The van der Waals surface area contributed by atoms with Crippen molar-refractivity contribution in [2.75, 3.05) is 7.11 Å². The van der Waals surface area contributed by atoms with Gasteiger partial charge in [0.1, 0.15) is 5.75 Å². The van der Waals surface area contributed by atoms with E-state index in [2.05, 4.69) is 0 Å². The highest BCUT2D eigenvalue weighted by atomic mass is 16.6. The van der Waals surface area contributed by atoms with E-state index < -0.39 is 29.8 Å². The molecule has 1 fully saturated rings. The van der Waals surface area contributed by atoms with Crippen molar-refractivity contribution in [3.8, 4) is 5.75 Å². The molecular weight excluding hydrogens is 358 g/mol. The number of hydrogen-bond acceptors (Lipinski definition) is 4. The molecule has 1 aliphatic rings. The zero-order valence-electron chi connectivity index (χ0n) is 16.5. The molecule has 0 bridgehead atoms. The van der Waals surface area contributed by atoms with E-state index in [0.29, 0.717) is 11.3 Å². The molecule has 1 amide bonds. The van der Waals surface area contributed by atoms with E-state index in [0.717, 1.165) is 5.56 Å². The van der Waals surface area contributed by atoms with Crippen LogP contribution in [0.1, 0.15) is 44.2 Å². The molecule has 28 heavy (non-hydrogen) atoms. The third kappa shape index (κ3) is 3.73. The number of carbonyl (C=O) groups excluding carboxylic acids is 1. The average molecular weight is 383 g/mol. The Bertz CT molecular complexity index is 841. The van der Waals surface area contributed by atoms with E-state index in [1.807, 2.05) is 51.1 Å². The summed E-state index contributed by atoms with van der Waals surface area (Å²) < 4.78 is 11.1. The maximum absolute atomic E-state index is 13.4. The van der Waals surface area contributed by atoms with Crippen molar-refractivity contribution in [1.82, 2.24) is 4.90 Å². The molecule has 1 aliphatic heterocycles. The Morgan fingerprint density at radius 2 is 1.61 bits per heavy atom. The fourth-order valence-electron chi connectivity index (χ4n) is 3.38. The maximum atomic E-state index is 13.4. The van der Waals surface area contributed by atoms with Crippen LogP contribution in [0.5, 0.6) is 5.75 Å². The lowest BCUT2D eigenvalue weighted by Gasteiger charge is -2.34. The first kappa shape index (κ1) is 19.9. The summed E-state index contributed by atoms with van der Waals surface area (Å²) in [6, 6.07) is 15.5. The highest BCUT2D eigenvalue weighted by Gasteiger charge is 2.51. The number of aliphatic carboxylic acids is 1. The largest absolute Gasteiger partial charge is 0.497 e. The normalized spacial score (nSPS) is 22.1. The van der Waals surface area contributed by atoms with Gasteiger partial charge in [-0.25, -0.2) is 4.79 Å². The molecule has 1 N–H and O–H groups in total. The SMILES string of the molecule is COc1ccc(C2O[C@@H](C(=O)O)C(c3ccccc3)N2C(=O)C(C)(C)C)cc1. The molecule has 0 radical (unpaired) electrons. The molecule has 0 saturated carbocycles. The van der Waals surface area contributed by atoms with Crippen LogP contribution in [-0.4, -0.2) is 35.1 Å². The van der Waals surface area contributed by atoms with Gasteiger partial charge < -0.3 is 19.5 Å². The molecule has 2 aromatic carbocycles. The van der Waals surface area contributed by atoms with Crippen LogP contribution in [0.25, 0.3) is 0 Å². The standard InChI is InChI=1S/C22H25NO5/c1-22(2,3)21(26)23-17(14-8-6-5-7-9-14)18(20(24)25)28-19(23)15-10-12-16(27-4)13-11-15/h5-13,17-19H,1-4H3,(H,24,25)/t17?,18-,19?/m1/s1. The van der Waals surface area contributed by atoms with Gasteiger partial charge in [-0.05, 0) is 17.7 Å². The minimum atomic E-state index is -1.17. The van der Waals surface area contributed by atoms with Gasteiger partial charge in [-0.15, -0.1) is 0 Å². The number of carboxylic acid groups (broad SMARTS) is 1. The van der Waals surface area contributed by atoms with Gasteiger partial charge in [0.2, 0.25) is 5.91 Å². The summed E-state index contributed by atoms with van der Waals surface area (Å²) in [5, 5.41) is 9.81. The topological polar surface area (TPSA) is 76.1 Å². The Hall–Kier alpha value is -2.86. The van der Waals surface area contributed by atoms with Gasteiger partial charge in [-0.1, -0.05) is 63.2 Å². The summed E-state index contributed by atoms with van der Waals surface area (Å²) in [5.41, 5.74) is 0.723. The fraction of sp³-hybridized carbons (Fsp3) is 0.364. The van der Waals surface area contributed by atoms with Crippen molar-refractivity contribution in [2.45, 2.75) is 39.1 Å². The number of carbonyl (C=O) groups is 2. The summed E-state index contributed by atoms with van der Waals surface area (Å²) >= 11 is 0. The van der Waals surface area contributed by atoms with Gasteiger partial charge in [0.15, 0.2) is 12.3 Å². The molecule has 0 aliphatic carbocycles. The molecule has 0 spiro atoms. The van der Waals surface area contributed by atoms with Gasteiger partial charge in [-0.2, -0.15) is 0 Å². The second-order valence-electron chi connectivity index (χ2n) is 7.84. The van der Waals surface area contributed by atoms with Gasteiger partial charge in [0, 0.05) is 11.0 Å². The number of methoxy groups -OCH3 is 1. The van der Waals surface area contributed by atoms with Gasteiger partial charge in [-0.3, -0.25) is 4.79 Å². The highest BCUT2D eigenvalue weighted by molar-refractivity contribution is 5.84. The minimum Gasteiger partial charge on any atom is -0.497 e. The quantitative estimate of drug-likeness (QED) is 0.869. The molecule has 1 heterocycles. The fourth-order valence-corrected chi connectivity index (χ4v) is 3.38. The van der Waals surface area contributed by atoms with Gasteiger partial charge >= 0.3 is 5.97 Å². The van der Waals surface area contributed by atoms with Crippen LogP contribution >= 0.6 is 0 Å². The van der Waals surface area contributed by atoms with Gasteiger partial charge in [0.25, 0.3) is 0 Å².